The molecule has 1 saturated carbocycles. The first-order valence-electron chi connectivity index (χ1n) is 15.1. The number of hydrogen-bond acceptors (Lipinski definition) is 6. The number of benzene rings is 1. The van der Waals surface area contributed by atoms with Crippen LogP contribution in [0.2, 0.25) is 0 Å². The molecule has 206 valence electrons. The van der Waals surface area contributed by atoms with Crippen molar-refractivity contribution in [2.24, 2.45) is 0 Å². The van der Waals surface area contributed by atoms with Crippen LogP contribution < -0.4 is 10.4 Å². The normalized spacial score (nSPS) is 32.9. The highest BCUT2D eigenvalue weighted by molar-refractivity contribution is 6.62. The van der Waals surface area contributed by atoms with Crippen LogP contribution in [0.15, 0.2) is 18.2 Å². The molecule has 5 aliphatic heterocycles. The van der Waals surface area contributed by atoms with E-state index < -0.39 is 12.5 Å². The predicted octanol–water partition coefficient (Wildman–Crippen LogP) is 3.08. The molecule has 8 heteroatoms. The Bertz CT molecular complexity index is 1070. The number of ether oxygens (including phenoxy) is 1. The van der Waals surface area contributed by atoms with E-state index in [4.69, 9.17) is 14.0 Å². The van der Waals surface area contributed by atoms with Crippen molar-refractivity contribution < 1.29 is 18.8 Å². The van der Waals surface area contributed by atoms with Crippen LogP contribution in [-0.4, -0.2) is 91.5 Å². The summed E-state index contributed by atoms with van der Waals surface area (Å²) in [4.78, 5) is 21.9. The summed E-state index contributed by atoms with van der Waals surface area (Å²) in [5.41, 5.74) is 2.19. The van der Waals surface area contributed by atoms with Crippen molar-refractivity contribution >= 4 is 24.2 Å². The summed E-state index contributed by atoms with van der Waals surface area (Å²) in [7, 11) is -0.415. The van der Waals surface area contributed by atoms with Gasteiger partial charge in [-0.2, -0.15) is 0 Å². The molecule has 5 heterocycles. The summed E-state index contributed by atoms with van der Waals surface area (Å²) in [6.45, 7) is 14.4. The van der Waals surface area contributed by atoms with Crippen molar-refractivity contribution in [3.05, 3.63) is 23.8 Å². The summed E-state index contributed by atoms with van der Waals surface area (Å²) in [5, 5.41) is 0. The number of likely N-dealkylation sites (tertiary alicyclic amines) is 2. The molecule has 0 atom stereocenters. The van der Waals surface area contributed by atoms with Crippen LogP contribution in [0, 0.1) is 0 Å². The van der Waals surface area contributed by atoms with E-state index in [9.17, 15) is 4.79 Å². The van der Waals surface area contributed by atoms with Gasteiger partial charge in [0, 0.05) is 17.8 Å². The summed E-state index contributed by atoms with van der Waals surface area (Å²) >= 11 is 0. The van der Waals surface area contributed by atoms with Gasteiger partial charge in [0.1, 0.15) is 0 Å². The number of nitrogens with zero attached hydrogens (tertiary/aromatic N) is 3. The van der Waals surface area contributed by atoms with Crippen LogP contribution in [0.5, 0.6) is 0 Å². The van der Waals surface area contributed by atoms with Crippen LogP contribution in [0.1, 0.15) is 78.2 Å². The van der Waals surface area contributed by atoms with Crippen LogP contribution >= 0.6 is 0 Å². The zero-order valence-corrected chi connectivity index (χ0v) is 23.7. The molecule has 0 radical (unpaired) electrons. The van der Waals surface area contributed by atoms with Gasteiger partial charge in [-0.15, -0.1) is 0 Å². The molecule has 7 rings (SSSR count). The lowest BCUT2D eigenvalue weighted by Gasteiger charge is -2.48. The lowest BCUT2D eigenvalue weighted by Crippen LogP contribution is -2.59. The lowest BCUT2D eigenvalue weighted by molar-refractivity contribution is -0.128. The van der Waals surface area contributed by atoms with Crippen molar-refractivity contribution in [1.82, 2.24) is 9.80 Å². The third-order valence-electron chi connectivity index (χ3n) is 11.1. The Kier molecular flexibility index (Phi) is 6.07. The van der Waals surface area contributed by atoms with Gasteiger partial charge >= 0.3 is 7.12 Å². The van der Waals surface area contributed by atoms with E-state index in [1.807, 2.05) is 0 Å². The second-order valence-corrected chi connectivity index (χ2v) is 13.7. The van der Waals surface area contributed by atoms with Crippen molar-refractivity contribution in [3.63, 3.8) is 0 Å². The fraction of sp³-hybridized carbons (Fsp3) is 0.767. The first kappa shape index (κ1) is 25.5. The quantitative estimate of drug-likeness (QED) is 0.568. The maximum atomic E-state index is 14.5. The minimum absolute atomic E-state index is 0.291. The molecule has 38 heavy (non-hydrogen) atoms. The Morgan fingerprint density at radius 3 is 2.05 bits per heavy atom. The second kappa shape index (κ2) is 9.03. The van der Waals surface area contributed by atoms with Crippen LogP contribution in [0.3, 0.4) is 0 Å². The van der Waals surface area contributed by atoms with Crippen molar-refractivity contribution in [3.8, 4) is 0 Å². The van der Waals surface area contributed by atoms with Gasteiger partial charge in [-0.05, 0) is 109 Å². The van der Waals surface area contributed by atoms with Gasteiger partial charge in [-0.3, -0.25) is 9.69 Å². The van der Waals surface area contributed by atoms with Gasteiger partial charge in [-0.25, -0.2) is 0 Å². The Balaban J connectivity index is 1.18. The average Bonchev–Trinajstić information content (AvgIpc) is 3.20. The van der Waals surface area contributed by atoms with Crippen molar-refractivity contribution in [2.75, 3.05) is 44.3 Å². The Labute approximate surface area is 228 Å². The number of anilines is 1. The predicted molar refractivity (Wildman–Crippen MR) is 149 cm³/mol. The van der Waals surface area contributed by atoms with E-state index in [-0.39, 0.29) is 11.2 Å². The van der Waals surface area contributed by atoms with Crippen LogP contribution in [0.25, 0.3) is 0 Å². The maximum absolute atomic E-state index is 14.5. The highest BCUT2D eigenvalue weighted by Gasteiger charge is 2.57. The fourth-order valence-electron chi connectivity index (χ4n) is 7.64. The number of carbonyl (C=O) groups excluding carboxylic acids is 1. The second-order valence-electron chi connectivity index (χ2n) is 13.7. The summed E-state index contributed by atoms with van der Waals surface area (Å²) < 4.78 is 18.3. The van der Waals surface area contributed by atoms with Gasteiger partial charge in [-0.1, -0.05) is 18.6 Å². The van der Waals surface area contributed by atoms with E-state index in [2.05, 4.69) is 60.6 Å². The van der Waals surface area contributed by atoms with Crippen molar-refractivity contribution in [2.45, 2.75) is 107 Å². The molecular weight excluding hydrogens is 477 g/mol. The molecule has 5 fully saturated rings. The molecular formula is C30H44BN3O4. The zero-order valence-electron chi connectivity index (χ0n) is 23.7. The van der Waals surface area contributed by atoms with Crippen LogP contribution in [-0.2, 0) is 24.3 Å². The Hall–Kier alpha value is -1.45. The molecule has 0 unspecified atom stereocenters. The van der Waals surface area contributed by atoms with Gasteiger partial charge < -0.3 is 23.8 Å². The number of rotatable bonds is 4. The number of piperidine rings is 2. The van der Waals surface area contributed by atoms with Gasteiger partial charge in [0.2, 0.25) is 5.91 Å². The number of hydrogen-bond donors (Lipinski definition) is 0. The third kappa shape index (κ3) is 3.85. The molecule has 0 N–H and O–H groups in total. The van der Waals surface area contributed by atoms with Gasteiger partial charge in [0.15, 0.2) is 0 Å². The van der Waals surface area contributed by atoms with E-state index in [0.29, 0.717) is 24.0 Å². The van der Waals surface area contributed by atoms with E-state index in [1.165, 1.54) is 37.9 Å². The molecule has 0 bridgehead atoms. The smallest absolute Gasteiger partial charge is 0.399 e. The number of carbonyl (C=O) groups is 1. The number of amides is 1. The zero-order chi connectivity index (χ0) is 26.3. The highest BCUT2D eigenvalue weighted by Crippen LogP contribution is 2.51. The fourth-order valence-corrected chi connectivity index (χ4v) is 7.64. The Morgan fingerprint density at radius 1 is 0.816 bits per heavy atom. The maximum Gasteiger partial charge on any atom is 0.494 e. The average molecular weight is 522 g/mol. The number of fused-ring (bicyclic) bond motifs is 2. The largest absolute Gasteiger partial charge is 0.494 e. The van der Waals surface area contributed by atoms with E-state index in [0.717, 1.165) is 63.1 Å². The first-order chi connectivity index (χ1) is 18.2. The van der Waals surface area contributed by atoms with Crippen molar-refractivity contribution in [1.29, 1.82) is 0 Å². The molecule has 1 spiro atoms. The molecule has 7 nitrogen and oxygen atoms in total. The summed E-state index contributed by atoms with van der Waals surface area (Å²) in [6, 6.07) is 8.06. The van der Waals surface area contributed by atoms with E-state index in [1.54, 1.807) is 0 Å². The Morgan fingerprint density at radius 2 is 1.45 bits per heavy atom. The minimum atomic E-state index is -0.415. The van der Waals surface area contributed by atoms with E-state index >= 15 is 0 Å². The molecule has 1 amide bonds. The lowest BCUT2D eigenvalue weighted by atomic mass is 9.71. The molecule has 0 aromatic heterocycles. The summed E-state index contributed by atoms with van der Waals surface area (Å²) in [5.74, 6) is 0.338. The third-order valence-corrected chi connectivity index (χ3v) is 11.1. The standard InChI is InChI=1S/C30H44BN3O4/c1-28(2)29(3,4)38-31(37-28)21-8-9-25-26(16-21)34(23-17-22(18-23)32-12-6-5-7-13-32)27(35)30(25)10-14-33(15-11-30)24-19-36-20-24/h8-9,16,22-24H,5-7,10-15,17-20H2,1-4H3/t22-,23+. The topological polar surface area (TPSA) is 54.5 Å². The highest BCUT2D eigenvalue weighted by atomic mass is 16.7. The van der Waals surface area contributed by atoms with Gasteiger partial charge in [0.05, 0.1) is 35.9 Å². The SMILES string of the molecule is CC1(C)OB(c2ccc3c(c2)N([C@H]2C[C@@H](N4CCCCC4)C2)C(=O)C32CCN(C3COC3)CC2)OC1(C)C. The van der Waals surface area contributed by atoms with Gasteiger partial charge in [0.25, 0.3) is 0 Å². The van der Waals surface area contributed by atoms with Crippen LogP contribution in [0.4, 0.5) is 5.69 Å². The molecule has 1 aromatic rings. The summed E-state index contributed by atoms with van der Waals surface area (Å²) in [6.07, 6.45) is 7.96. The molecule has 1 aromatic carbocycles. The minimum Gasteiger partial charge on any atom is -0.399 e. The molecule has 1 aliphatic carbocycles. The molecule has 4 saturated heterocycles. The first-order valence-corrected chi connectivity index (χ1v) is 15.1. The monoisotopic (exact) mass is 521 g/mol. The molecule has 6 aliphatic rings.